The number of benzene rings is 2. The lowest BCUT2D eigenvalue weighted by Gasteiger charge is -2.06. The third-order valence-electron chi connectivity index (χ3n) is 3.75. The van der Waals surface area contributed by atoms with Gasteiger partial charge < -0.3 is 0 Å². The van der Waals surface area contributed by atoms with Gasteiger partial charge in [-0.2, -0.15) is 0 Å². The molecule has 0 N–H and O–H groups in total. The van der Waals surface area contributed by atoms with Crippen LogP contribution < -0.4 is 0 Å². The molecule has 2 aromatic carbocycles. The lowest BCUT2D eigenvalue weighted by Crippen LogP contribution is -2.05. The van der Waals surface area contributed by atoms with Crippen LogP contribution in [-0.4, -0.2) is 17.0 Å². The minimum atomic E-state index is 0.790. The standard InChI is InChI=1S/C18H18N2S/c1-12-9-16-17(10-13(12)2)20-18(21-3)11-15(19-16)14-7-5-4-6-8-14/h4-10H,11H2,1-3H3. The Bertz CT molecular complexity index is 730. The Morgan fingerprint density at radius 1 is 0.905 bits per heavy atom. The first kappa shape index (κ1) is 14.1. The van der Waals surface area contributed by atoms with E-state index in [0.717, 1.165) is 28.6 Å². The highest BCUT2D eigenvalue weighted by molar-refractivity contribution is 8.13. The van der Waals surface area contributed by atoms with E-state index in [0.29, 0.717) is 0 Å². The molecule has 2 nitrogen and oxygen atoms in total. The largest absolute Gasteiger partial charge is 0.250 e. The van der Waals surface area contributed by atoms with Crippen molar-refractivity contribution in [3.63, 3.8) is 0 Å². The first-order chi connectivity index (χ1) is 10.2. The second kappa shape index (κ2) is 5.86. The van der Waals surface area contributed by atoms with E-state index in [9.17, 15) is 0 Å². The van der Waals surface area contributed by atoms with E-state index in [1.807, 2.05) is 6.07 Å². The van der Waals surface area contributed by atoms with Crippen LogP contribution in [-0.2, 0) is 0 Å². The Kier molecular flexibility index (Phi) is 3.93. The number of fused-ring (bicyclic) bond motifs is 1. The maximum absolute atomic E-state index is 4.90. The second-order valence-corrected chi connectivity index (χ2v) is 6.12. The van der Waals surface area contributed by atoms with Gasteiger partial charge in [0.25, 0.3) is 0 Å². The van der Waals surface area contributed by atoms with Crippen molar-refractivity contribution in [2.24, 2.45) is 9.98 Å². The SMILES string of the molecule is CSC1=Nc2cc(C)c(C)cc2N=C(c2ccccc2)C1. The third-order valence-corrected chi connectivity index (χ3v) is 4.46. The number of nitrogens with zero attached hydrogens (tertiary/aromatic N) is 2. The maximum Gasteiger partial charge on any atom is 0.0898 e. The zero-order valence-electron chi connectivity index (χ0n) is 12.6. The summed E-state index contributed by atoms with van der Waals surface area (Å²) in [6.45, 7) is 4.24. The van der Waals surface area contributed by atoms with Crippen molar-refractivity contribution < 1.29 is 0 Å². The summed E-state index contributed by atoms with van der Waals surface area (Å²) < 4.78 is 0. The van der Waals surface area contributed by atoms with Crippen molar-refractivity contribution >= 4 is 33.9 Å². The minimum absolute atomic E-state index is 0.790. The van der Waals surface area contributed by atoms with Crippen molar-refractivity contribution in [2.45, 2.75) is 20.3 Å². The molecule has 0 spiro atoms. The summed E-state index contributed by atoms with van der Waals surface area (Å²) in [5, 5.41) is 1.11. The number of aryl methyl sites for hydroxylation is 2. The topological polar surface area (TPSA) is 24.7 Å². The van der Waals surface area contributed by atoms with Gasteiger partial charge in [0.15, 0.2) is 0 Å². The van der Waals surface area contributed by atoms with Gasteiger partial charge in [-0.1, -0.05) is 30.3 Å². The average molecular weight is 294 g/mol. The molecule has 1 aliphatic heterocycles. The molecule has 0 unspecified atom stereocenters. The fourth-order valence-corrected chi connectivity index (χ4v) is 2.85. The zero-order valence-corrected chi connectivity index (χ0v) is 13.4. The molecule has 0 aromatic heterocycles. The molecule has 2 aromatic rings. The average Bonchev–Trinajstić information content (AvgIpc) is 2.68. The minimum Gasteiger partial charge on any atom is -0.250 e. The molecule has 0 aliphatic carbocycles. The van der Waals surface area contributed by atoms with E-state index in [2.05, 4.69) is 56.5 Å². The first-order valence-electron chi connectivity index (χ1n) is 7.03. The van der Waals surface area contributed by atoms with Crippen LogP contribution in [0, 0.1) is 13.8 Å². The van der Waals surface area contributed by atoms with Gasteiger partial charge in [-0.05, 0) is 48.9 Å². The summed E-state index contributed by atoms with van der Waals surface area (Å²) in [4.78, 5) is 9.70. The van der Waals surface area contributed by atoms with Gasteiger partial charge in [0.1, 0.15) is 0 Å². The highest BCUT2D eigenvalue weighted by atomic mass is 32.2. The molecular weight excluding hydrogens is 276 g/mol. The van der Waals surface area contributed by atoms with E-state index in [-0.39, 0.29) is 0 Å². The van der Waals surface area contributed by atoms with Crippen LogP contribution >= 0.6 is 11.8 Å². The number of rotatable bonds is 1. The number of thioether (sulfide) groups is 1. The number of hydrogen-bond acceptors (Lipinski definition) is 3. The molecule has 0 bridgehead atoms. The lowest BCUT2D eigenvalue weighted by atomic mass is 10.1. The van der Waals surface area contributed by atoms with Crippen LogP contribution in [0.3, 0.4) is 0 Å². The van der Waals surface area contributed by atoms with Crippen LogP contribution in [0.1, 0.15) is 23.1 Å². The quantitative estimate of drug-likeness (QED) is 0.707. The van der Waals surface area contributed by atoms with E-state index in [1.165, 1.54) is 16.7 Å². The van der Waals surface area contributed by atoms with Crippen molar-refractivity contribution in [3.05, 3.63) is 59.2 Å². The van der Waals surface area contributed by atoms with Gasteiger partial charge >= 0.3 is 0 Å². The molecule has 21 heavy (non-hydrogen) atoms. The molecule has 1 aliphatic rings. The normalized spacial score (nSPS) is 14.0. The Morgan fingerprint density at radius 3 is 2.14 bits per heavy atom. The summed E-state index contributed by atoms with van der Waals surface area (Å²) in [5.74, 6) is 0. The number of aliphatic imine (C=N–C) groups is 2. The van der Waals surface area contributed by atoms with Crippen molar-refractivity contribution in [1.82, 2.24) is 0 Å². The number of hydrogen-bond donors (Lipinski definition) is 0. The van der Waals surface area contributed by atoms with Crippen molar-refractivity contribution in [1.29, 1.82) is 0 Å². The fourth-order valence-electron chi connectivity index (χ4n) is 2.38. The Hall–Kier alpha value is -1.87. The van der Waals surface area contributed by atoms with Gasteiger partial charge in [-0.3, -0.25) is 4.99 Å². The predicted octanol–water partition coefficient (Wildman–Crippen LogP) is 5.22. The van der Waals surface area contributed by atoms with E-state index in [1.54, 1.807) is 11.8 Å². The van der Waals surface area contributed by atoms with Crippen LogP contribution in [0.15, 0.2) is 52.4 Å². The molecule has 0 saturated heterocycles. The summed E-state index contributed by atoms with van der Waals surface area (Å²) in [7, 11) is 0. The predicted molar refractivity (Wildman–Crippen MR) is 93.8 cm³/mol. The lowest BCUT2D eigenvalue weighted by molar-refractivity contribution is 1.31. The van der Waals surface area contributed by atoms with Gasteiger partial charge in [-0.25, -0.2) is 4.99 Å². The Balaban J connectivity index is 2.17. The third kappa shape index (κ3) is 2.93. The van der Waals surface area contributed by atoms with Crippen LogP contribution in [0.2, 0.25) is 0 Å². The second-order valence-electron chi connectivity index (χ2n) is 5.24. The zero-order chi connectivity index (χ0) is 14.8. The highest BCUT2D eigenvalue weighted by Gasteiger charge is 2.15. The summed E-state index contributed by atoms with van der Waals surface area (Å²) >= 11 is 1.70. The van der Waals surface area contributed by atoms with Crippen molar-refractivity contribution in [3.8, 4) is 0 Å². The molecule has 0 radical (unpaired) electrons. The fraction of sp³-hybridized carbons (Fsp3) is 0.222. The monoisotopic (exact) mass is 294 g/mol. The molecule has 106 valence electrons. The summed E-state index contributed by atoms with van der Waals surface area (Å²) in [6, 6.07) is 14.6. The maximum atomic E-state index is 4.90. The molecule has 3 rings (SSSR count). The van der Waals surface area contributed by atoms with Crippen LogP contribution in [0.5, 0.6) is 0 Å². The highest BCUT2D eigenvalue weighted by Crippen LogP contribution is 2.35. The Morgan fingerprint density at radius 2 is 1.52 bits per heavy atom. The van der Waals surface area contributed by atoms with Gasteiger partial charge in [-0.15, -0.1) is 11.8 Å². The van der Waals surface area contributed by atoms with E-state index >= 15 is 0 Å². The van der Waals surface area contributed by atoms with Crippen LogP contribution in [0.25, 0.3) is 0 Å². The molecule has 0 saturated carbocycles. The molecule has 1 heterocycles. The summed E-state index contributed by atoms with van der Waals surface area (Å²) in [5.41, 5.74) is 6.73. The van der Waals surface area contributed by atoms with Gasteiger partial charge in [0.2, 0.25) is 0 Å². The van der Waals surface area contributed by atoms with E-state index < -0.39 is 0 Å². The molecule has 3 heteroatoms. The van der Waals surface area contributed by atoms with Gasteiger partial charge in [0, 0.05) is 6.42 Å². The smallest absolute Gasteiger partial charge is 0.0898 e. The molecule has 0 atom stereocenters. The van der Waals surface area contributed by atoms with Crippen LogP contribution in [0.4, 0.5) is 11.4 Å². The van der Waals surface area contributed by atoms with Gasteiger partial charge in [0.05, 0.1) is 22.1 Å². The molecule has 0 amide bonds. The van der Waals surface area contributed by atoms with E-state index in [4.69, 9.17) is 9.98 Å². The Labute approximate surface area is 130 Å². The molecular formula is C18H18N2S. The molecule has 0 fully saturated rings. The van der Waals surface area contributed by atoms with Crippen molar-refractivity contribution in [2.75, 3.05) is 6.26 Å². The summed E-state index contributed by atoms with van der Waals surface area (Å²) in [6.07, 6.45) is 2.87. The first-order valence-corrected chi connectivity index (χ1v) is 8.25.